The number of pyridine rings is 1. The van der Waals surface area contributed by atoms with Gasteiger partial charge in [-0.2, -0.15) is 0 Å². The SMILES string of the molecule is CCOC(=O)N(C)C1CCC(CC(=O)Nc2cnc(-c3ccc(C4(NC(=O)OC(C)(C)C)CC(C)(O)C4)cc3)c(-c3ccccc3)c2)CC1. The highest BCUT2D eigenvalue weighted by Crippen LogP contribution is 2.49. The van der Waals surface area contributed by atoms with E-state index in [4.69, 9.17) is 14.5 Å². The second kappa shape index (κ2) is 14.6. The van der Waals surface area contributed by atoms with E-state index in [-0.39, 0.29) is 24.0 Å². The number of aromatic nitrogens is 1. The molecule has 0 radical (unpaired) electrons. The first-order valence-corrected chi connectivity index (χ1v) is 17.3. The number of nitrogens with zero attached hydrogens (tertiary/aromatic N) is 2. The summed E-state index contributed by atoms with van der Waals surface area (Å²) in [6.07, 6.45) is 5.45. The lowest BCUT2D eigenvalue weighted by Crippen LogP contribution is -2.62. The third-order valence-corrected chi connectivity index (χ3v) is 9.47. The second-order valence-corrected chi connectivity index (χ2v) is 14.9. The number of carbonyl (C=O) groups is 3. The van der Waals surface area contributed by atoms with Crippen molar-refractivity contribution in [2.45, 2.75) is 102 Å². The molecule has 0 bridgehead atoms. The molecule has 2 aliphatic carbocycles. The topological polar surface area (TPSA) is 130 Å². The first kappa shape index (κ1) is 35.9. The van der Waals surface area contributed by atoms with E-state index in [1.165, 1.54) is 0 Å². The summed E-state index contributed by atoms with van der Waals surface area (Å²) in [5, 5.41) is 16.7. The highest BCUT2D eigenvalue weighted by atomic mass is 16.6. The third kappa shape index (κ3) is 8.97. The van der Waals surface area contributed by atoms with Crippen molar-refractivity contribution in [2.75, 3.05) is 19.0 Å². The maximum atomic E-state index is 13.2. The van der Waals surface area contributed by atoms with Crippen molar-refractivity contribution in [3.63, 3.8) is 0 Å². The fourth-order valence-electron chi connectivity index (χ4n) is 7.25. The van der Waals surface area contributed by atoms with Crippen LogP contribution in [0.2, 0.25) is 0 Å². The van der Waals surface area contributed by atoms with Gasteiger partial charge in [-0.15, -0.1) is 0 Å². The minimum Gasteiger partial charge on any atom is -0.450 e. The van der Waals surface area contributed by atoms with Crippen LogP contribution in [0.1, 0.15) is 85.1 Å². The van der Waals surface area contributed by atoms with Crippen LogP contribution in [0.5, 0.6) is 0 Å². The molecule has 3 N–H and O–H groups in total. The summed E-state index contributed by atoms with van der Waals surface area (Å²) in [5.74, 6) is 0.193. The molecule has 5 rings (SSSR count). The lowest BCUT2D eigenvalue weighted by atomic mass is 9.62. The molecule has 3 aromatic rings. The van der Waals surface area contributed by atoms with Crippen LogP contribution in [-0.2, 0) is 19.8 Å². The van der Waals surface area contributed by atoms with Gasteiger partial charge in [0.15, 0.2) is 0 Å². The molecule has 0 aliphatic heterocycles. The molecule has 2 aliphatic rings. The summed E-state index contributed by atoms with van der Waals surface area (Å²) in [5.41, 5.74) is 2.70. The largest absolute Gasteiger partial charge is 0.450 e. The molecule has 2 aromatic carbocycles. The fraction of sp³-hybridized carbons (Fsp3) is 0.487. The molecule has 0 atom stereocenters. The molecule has 1 aromatic heterocycles. The zero-order valence-corrected chi connectivity index (χ0v) is 29.5. The maximum Gasteiger partial charge on any atom is 0.409 e. The smallest absolute Gasteiger partial charge is 0.409 e. The summed E-state index contributed by atoms with van der Waals surface area (Å²) in [7, 11) is 1.78. The van der Waals surface area contributed by atoms with Gasteiger partial charge in [-0.05, 0) is 83.4 Å². The molecule has 0 spiro atoms. The van der Waals surface area contributed by atoms with E-state index in [1.807, 2.05) is 81.4 Å². The number of aliphatic hydroxyl groups is 1. The van der Waals surface area contributed by atoms with E-state index in [9.17, 15) is 19.5 Å². The van der Waals surface area contributed by atoms with Crippen LogP contribution in [0, 0.1) is 5.92 Å². The van der Waals surface area contributed by atoms with Crippen LogP contribution in [0.3, 0.4) is 0 Å². The van der Waals surface area contributed by atoms with Gasteiger partial charge in [0.25, 0.3) is 0 Å². The number of anilines is 1. The number of hydrogen-bond acceptors (Lipinski definition) is 7. The van der Waals surface area contributed by atoms with Crippen molar-refractivity contribution in [1.82, 2.24) is 15.2 Å². The molecule has 262 valence electrons. The van der Waals surface area contributed by atoms with E-state index >= 15 is 0 Å². The third-order valence-electron chi connectivity index (χ3n) is 9.47. The molecule has 49 heavy (non-hydrogen) atoms. The molecule has 10 heteroatoms. The summed E-state index contributed by atoms with van der Waals surface area (Å²) in [6, 6.07) is 19.9. The molecule has 2 fully saturated rings. The van der Waals surface area contributed by atoms with Gasteiger partial charge in [0.1, 0.15) is 5.60 Å². The first-order valence-electron chi connectivity index (χ1n) is 17.3. The Morgan fingerprint density at radius 2 is 1.63 bits per heavy atom. The van der Waals surface area contributed by atoms with Gasteiger partial charge >= 0.3 is 12.2 Å². The van der Waals surface area contributed by atoms with Crippen molar-refractivity contribution in [3.8, 4) is 22.4 Å². The van der Waals surface area contributed by atoms with Crippen LogP contribution >= 0.6 is 0 Å². The standard InChI is InChI=1S/C39H50N4O6/c1-7-48-36(46)43(6)31-19-13-26(14-20-31)21-33(44)41-30-22-32(27-11-9-8-10-12-27)34(40-23-30)28-15-17-29(18-16-28)39(24-38(5,47)25-39)42-35(45)49-37(2,3)4/h8-12,15-18,22-23,26,31,47H,7,13-14,19-21,24-25H2,1-6H3,(H,41,44)(H,42,45). The number of carbonyl (C=O) groups excluding carboxylic acids is 3. The van der Waals surface area contributed by atoms with Gasteiger partial charge in [-0.3, -0.25) is 9.78 Å². The highest BCUT2D eigenvalue weighted by Gasteiger charge is 2.53. The van der Waals surface area contributed by atoms with E-state index < -0.39 is 22.8 Å². The van der Waals surface area contributed by atoms with Crippen molar-refractivity contribution in [3.05, 3.63) is 72.4 Å². The zero-order valence-electron chi connectivity index (χ0n) is 29.5. The van der Waals surface area contributed by atoms with Crippen molar-refractivity contribution >= 4 is 23.8 Å². The van der Waals surface area contributed by atoms with Crippen molar-refractivity contribution < 1.29 is 29.0 Å². The van der Waals surface area contributed by atoms with E-state index in [0.29, 0.717) is 31.6 Å². The molecule has 3 amide bonds. The molecule has 2 saturated carbocycles. The van der Waals surface area contributed by atoms with E-state index in [2.05, 4.69) is 10.6 Å². The van der Waals surface area contributed by atoms with Gasteiger partial charge in [-0.25, -0.2) is 9.59 Å². The Hall–Kier alpha value is -4.44. The Morgan fingerprint density at radius 3 is 2.22 bits per heavy atom. The predicted octanol–water partition coefficient (Wildman–Crippen LogP) is 7.66. The molecule has 0 unspecified atom stereocenters. The number of amides is 3. The lowest BCUT2D eigenvalue weighted by Gasteiger charge is -2.52. The summed E-state index contributed by atoms with van der Waals surface area (Å²) in [4.78, 5) is 44.6. The first-order chi connectivity index (χ1) is 23.2. The number of hydrogen-bond donors (Lipinski definition) is 3. The molecule has 1 heterocycles. The number of alkyl carbamates (subject to hydrolysis) is 1. The van der Waals surface area contributed by atoms with Gasteiger partial charge in [0, 0.05) is 43.5 Å². The van der Waals surface area contributed by atoms with E-state index in [0.717, 1.165) is 53.6 Å². The molecule has 0 saturated heterocycles. The minimum atomic E-state index is -0.893. The number of nitrogens with one attached hydrogen (secondary N) is 2. The Balaban J connectivity index is 1.30. The van der Waals surface area contributed by atoms with Crippen LogP contribution in [0.15, 0.2) is 66.9 Å². The van der Waals surface area contributed by atoms with Crippen LogP contribution in [0.4, 0.5) is 15.3 Å². The molecular weight excluding hydrogens is 620 g/mol. The summed E-state index contributed by atoms with van der Waals surface area (Å²) >= 11 is 0. The minimum absolute atomic E-state index is 0.0562. The Bertz CT molecular complexity index is 1620. The summed E-state index contributed by atoms with van der Waals surface area (Å²) in [6.45, 7) is 9.38. The number of ether oxygens (including phenoxy) is 2. The fourth-order valence-corrected chi connectivity index (χ4v) is 7.25. The van der Waals surface area contributed by atoms with Crippen LogP contribution in [0.25, 0.3) is 22.4 Å². The zero-order chi connectivity index (χ0) is 35.4. The average molecular weight is 671 g/mol. The Labute approximate surface area is 289 Å². The highest BCUT2D eigenvalue weighted by molar-refractivity contribution is 5.93. The quantitative estimate of drug-likeness (QED) is 0.213. The molecular formula is C39H50N4O6. The molecule has 10 nitrogen and oxygen atoms in total. The monoisotopic (exact) mass is 670 g/mol. The average Bonchev–Trinajstić information content (AvgIpc) is 3.03. The maximum absolute atomic E-state index is 13.2. The second-order valence-electron chi connectivity index (χ2n) is 14.9. The number of rotatable bonds is 9. The van der Waals surface area contributed by atoms with Crippen molar-refractivity contribution in [1.29, 1.82) is 0 Å². The summed E-state index contributed by atoms with van der Waals surface area (Å²) < 4.78 is 10.7. The Morgan fingerprint density at radius 1 is 0.980 bits per heavy atom. The van der Waals surface area contributed by atoms with Crippen LogP contribution < -0.4 is 10.6 Å². The predicted molar refractivity (Wildman–Crippen MR) is 190 cm³/mol. The number of benzene rings is 2. The normalized spacial score (nSPS) is 23.5. The van der Waals surface area contributed by atoms with Gasteiger partial charge in [0.05, 0.1) is 35.3 Å². The van der Waals surface area contributed by atoms with Gasteiger partial charge in [-0.1, -0.05) is 54.6 Å². The van der Waals surface area contributed by atoms with Crippen LogP contribution in [-0.4, -0.2) is 64.0 Å². The lowest BCUT2D eigenvalue weighted by molar-refractivity contribution is -0.117. The van der Waals surface area contributed by atoms with Gasteiger partial charge < -0.3 is 30.1 Å². The van der Waals surface area contributed by atoms with Gasteiger partial charge in [0.2, 0.25) is 5.91 Å². The van der Waals surface area contributed by atoms with E-state index in [1.54, 1.807) is 32.0 Å². The Kier molecular flexibility index (Phi) is 10.7. The van der Waals surface area contributed by atoms with Crippen molar-refractivity contribution in [2.24, 2.45) is 5.92 Å².